The summed E-state index contributed by atoms with van der Waals surface area (Å²) in [6, 6.07) is 7.99. The molecule has 3 N–H and O–H groups in total. The number of carbonyl (C=O) groups is 1. The molecule has 0 spiro atoms. The van der Waals surface area contributed by atoms with Crippen LogP contribution in [0.3, 0.4) is 0 Å². The molecule has 3 aromatic rings. The van der Waals surface area contributed by atoms with Crippen LogP contribution in [0.5, 0.6) is 0 Å². The van der Waals surface area contributed by atoms with E-state index in [0.29, 0.717) is 34.5 Å². The minimum absolute atomic E-state index is 0.176. The van der Waals surface area contributed by atoms with Gasteiger partial charge in [0.05, 0.1) is 18.2 Å². The summed E-state index contributed by atoms with van der Waals surface area (Å²) in [5, 5.41) is 16.7. The van der Waals surface area contributed by atoms with E-state index in [9.17, 15) is 9.90 Å². The van der Waals surface area contributed by atoms with Gasteiger partial charge in [-0.25, -0.2) is 4.98 Å². The highest BCUT2D eigenvalue weighted by Gasteiger charge is 2.20. The molecule has 3 heterocycles. The number of rotatable bonds is 7. The van der Waals surface area contributed by atoms with Gasteiger partial charge in [-0.05, 0) is 43.5 Å². The van der Waals surface area contributed by atoms with Crippen LogP contribution >= 0.6 is 11.6 Å². The summed E-state index contributed by atoms with van der Waals surface area (Å²) in [5.41, 5.74) is 1.91. The third kappa shape index (κ3) is 5.53. The van der Waals surface area contributed by atoms with Crippen LogP contribution in [0.2, 0.25) is 5.02 Å². The van der Waals surface area contributed by atoms with Crippen LogP contribution in [0, 0.1) is 6.92 Å². The number of hydrogen-bond acceptors (Lipinski definition) is 6. The summed E-state index contributed by atoms with van der Waals surface area (Å²) in [6.07, 6.45) is 7.21. The van der Waals surface area contributed by atoms with Crippen LogP contribution in [-0.2, 0) is 4.74 Å². The lowest BCUT2D eigenvalue weighted by atomic mass is 10.1. The first-order valence-electron chi connectivity index (χ1n) is 10.7. The summed E-state index contributed by atoms with van der Waals surface area (Å²) >= 11 is 6.06. The Balaban J connectivity index is 1.51. The zero-order valence-electron chi connectivity index (χ0n) is 18.3. The molecule has 0 bridgehead atoms. The Labute approximate surface area is 197 Å². The molecule has 2 atom stereocenters. The summed E-state index contributed by atoms with van der Waals surface area (Å²) in [6.45, 7) is 6.92. The summed E-state index contributed by atoms with van der Waals surface area (Å²) in [7, 11) is 0. The van der Waals surface area contributed by atoms with E-state index in [2.05, 4.69) is 27.2 Å². The van der Waals surface area contributed by atoms with E-state index in [1.807, 2.05) is 6.92 Å². The van der Waals surface area contributed by atoms with Gasteiger partial charge in [0.15, 0.2) is 0 Å². The van der Waals surface area contributed by atoms with Crippen molar-refractivity contribution in [1.29, 1.82) is 0 Å². The van der Waals surface area contributed by atoms with Gasteiger partial charge in [-0.3, -0.25) is 4.79 Å². The number of carbonyl (C=O) groups excluding carboxylic acids is 1. The molecule has 0 saturated carbocycles. The van der Waals surface area contributed by atoms with E-state index in [0.717, 1.165) is 25.0 Å². The Hall–Kier alpha value is -3.36. The average molecular weight is 468 g/mol. The largest absolute Gasteiger partial charge is 0.510 e. The topological polar surface area (TPSA) is 101 Å². The second-order valence-corrected chi connectivity index (χ2v) is 8.46. The van der Waals surface area contributed by atoms with Gasteiger partial charge in [0.2, 0.25) is 5.95 Å². The fourth-order valence-corrected chi connectivity index (χ4v) is 3.92. The standard InChI is InChI=1S/C24H26ClN5O3/c1-15-12-26-24(27-20-7-4-10-33-14-20)29-22(15)30-9-8-18(13-30)23(32)28-21(16(2)31)17-5-3-6-19(25)11-17/h3,5-6,8-9,11-13,20-21,31H,2,4,7,10,14H2,1H3,(H,28,32)(H,26,27,29)/t20?,21-/m1/s1. The minimum Gasteiger partial charge on any atom is -0.510 e. The first-order valence-corrected chi connectivity index (χ1v) is 11.1. The molecule has 0 radical (unpaired) electrons. The molecule has 172 valence electrons. The van der Waals surface area contributed by atoms with Crippen molar-refractivity contribution in [2.45, 2.75) is 31.8 Å². The van der Waals surface area contributed by atoms with Crippen molar-refractivity contribution in [3.05, 3.63) is 83.0 Å². The molecule has 8 nitrogen and oxygen atoms in total. The van der Waals surface area contributed by atoms with E-state index < -0.39 is 6.04 Å². The first-order chi connectivity index (χ1) is 15.9. The number of ether oxygens (including phenoxy) is 1. The van der Waals surface area contributed by atoms with Gasteiger partial charge in [-0.1, -0.05) is 30.3 Å². The number of aryl methyl sites for hydroxylation is 1. The lowest BCUT2D eigenvalue weighted by molar-refractivity contribution is 0.0874. The zero-order chi connectivity index (χ0) is 23.4. The van der Waals surface area contributed by atoms with Gasteiger partial charge in [-0.2, -0.15) is 4.98 Å². The van der Waals surface area contributed by atoms with Crippen LogP contribution in [0.4, 0.5) is 5.95 Å². The van der Waals surface area contributed by atoms with Crippen molar-refractivity contribution in [2.24, 2.45) is 0 Å². The van der Waals surface area contributed by atoms with E-state index in [1.54, 1.807) is 53.5 Å². The fourth-order valence-electron chi connectivity index (χ4n) is 3.72. The molecule has 2 aromatic heterocycles. The van der Waals surface area contributed by atoms with Gasteiger partial charge in [-0.15, -0.1) is 0 Å². The Bertz CT molecular complexity index is 1160. The highest BCUT2D eigenvalue weighted by Crippen LogP contribution is 2.23. The molecular weight excluding hydrogens is 442 g/mol. The van der Waals surface area contributed by atoms with Gasteiger partial charge < -0.3 is 25.0 Å². The molecule has 1 saturated heterocycles. The second-order valence-electron chi connectivity index (χ2n) is 8.02. The molecule has 1 aromatic carbocycles. The van der Waals surface area contributed by atoms with Gasteiger partial charge in [0, 0.05) is 35.8 Å². The van der Waals surface area contributed by atoms with Crippen LogP contribution in [0.15, 0.2) is 61.3 Å². The van der Waals surface area contributed by atoms with E-state index in [4.69, 9.17) is 16.3 Å². The highest BCUT2D eigenvalue weighted by atomic mass is 35.5. The van der Waals surface area contributed by atoms with Gasteiger partial charge >= 0.3 is 0 Å². The average Bonchev–Trinajstić information content (AvgIpc) is 3.29. The molecular formula is C24H26ClN5O3. The molecule has 0 aliphatic carbocycles. The van der Waals surface area contributed by atoms with Crippen molar-refractivity contribution >= 4 is 23.5 Å². The van der Waals surface area contributed by atoms with E-state index in [-0.39, 0.29) is 17.7 Å². The first kappa shape index (κ1) is 22.8. The van der Waals surface area contributed by atoms with Crippen molar-refractivity contribution in [2.75, 3.05) is 18.5 Å². The second kappa shape index (κ2) is 10.1. The Morgan fingerprint density at radius 1 is 1.39 bits per heavy atom. The van der Waals surface area contributed by atoms with Crippen LogP contribution in [0.1, 0.15) is 40.4 Å². The number of anilines is 1. The molecule has 33 heavy (non-hydrogen) atoms. The number of hydrogen-bond donors (Lipinski definition) is 3. The van der Waals surface area contributed by atoms with Crippen molar-refractivity contribution in [1.82, 2.24) is 19.9 Å². The summed E-state index contributed by atoms with van der Waals surface area (Å²) in [5.74, 6) is 0.641. The van der Waals surface area contributed by atoms with E-state index in [1.165, 1.54) is 0 Å². The van der Waals surface area contributed by atoms with Crippen LogP contribution < -0.4 is 10.6 Å². The normalized spacial score (nSPS) is 16.7. The third-order valence-corrected chi connectivity index (χ3v) is 5.66. The lowest BCUT2D eigenvalue weighted by Crippen LogP contribution is -2.30. The number of halogens is 1. The maximum Gasteiger partial charge on any atom is 0.253 e. The number of benzene rings is 1. The third-order valence-electron chi connectivity index (χ3n) is 5.43. The summed E-state index contributed by atoms with van der Waals surface area (Å²) in [4.78, 5) is 21.9. The predicted molar refractivity (Wildman–Crippen MR) is 127 cm³/mol. The molecule has 4 rings (SSSR count). The van der Waals surface area contributed by atoms with Gasteiger partial charge in [0.1, 0.15) is 17.6 Å². The molecule has 9 heteroatoms. The SMILES string of the molecule is C=C(O)[C@@H](NC(=O)c1ccn(-c2nc(NC3CCCOC3)ncc2C)c1)c1cccc(Cl)c1. The van der Waals surface area contributed by atoms with Crippen molar-refractivity contribution in [3.8, 4) is 5.82 Å². The Morgan fingerprint density at radius 3 is 2.97 bits per heavy atom. The number of aromatic nitrogens is 3. The number of aliphatic hydroxyl groups excluding tert-OH is 1. The van der Waals surface area contributed by atoms with Crippen LogP contribution in [0.25, 0.3) is 5.82 Å². The molecule has 1 fully saturated rings. The molecule has 1 aliphatic heterocycles. The van der Waals surface area contributed by atoms with E-state index >= 15 is 0 Å². The molecule has 1 unspecified atom stereocenters. The Kier molecular flexibility index (Phi) is 6.96. The maximum absolute atomic E-state index is 12.9. The lowest BCUT2D eigenvalue weighted by Gasteiger charge is -2.23. The summed E-state index contributed by atoms with van der Waals surface area (Å²) < 4.78 is 7.28. The number of aliphatic hydroxyl groups is 1. The highest BCUT2D eigenvalue weighted by molar-refractivity contribution is 6.30. The molecule has 1 amide bonds. The van der Waals surface area contributed by atoms with Crippen molar-refractivity contribution < 1.29 is 14.6 Å². The Morgan fingerprint density at radius 2 is 2.24 bits per heavy atom. The smallest absolute Gasteiger partial charge is 0.253 e. The zero-order valence-corrected chi connectivity index (χ0v) is 19.0. The molecule has 1 aliphatic rings. The quantitative estimate of drug-likeness (QED) is 0.446. The maximum atomic E-state index is 12.9. The number of amides is 1. The number of nitrogens with zero attached hydrogens (tertiary/aromatic N) is 3. The minimum atomic E-state index is -0.783. The monoisotopic (exact) mass is 467 g/mol. The number of nitrogens with one attached hydrogen (secondary N) is 2. The van der Waals surface area contributed by atoms with Gasteiger partial charge in [0.25, 0.3) is 5.91 Å². The van der Waals surface area contributed by atoms with Crippen LogP contribution in [-0.4, -0.2) is 44.8 Å². The predicted octanol–water partition coefficient (Wildman–Crippen LogP) is 4.36. The fraction of sp³-hybridized carbons (Fsp3) is 0.292. The van der Waals surface area contributed by atoms with Crippen molar-refractivity contribution in [3.63, 3.8) is 0 Å².